The number of hydrogen-bond donors (Lipinski definition) is 1. The molecule has 0 spiro atoms. The molecule has 0 amide bonds. The summed E-state index contributed by atoms with van der Waals surface area (Å²) in [7, 11) is 0. The molecule has 0 aliphatic heterocycles. The standard InChI is InChI=1S/C11H23NO3S/c1-2-3-4-5-6-7-8-9-11(13)10-12-16(14)15/h12H,2-10H2,1H3,(H,14,15)/p-1. The molecule has 16 heavy (non-hydrogen) atoms. The van der Waals surface area contributed by atoms with Crippen LogP contribution in [0, 0.1) is 0 Å². The van der Waals surface area contributed by atoms with Crippen molar-refractivity contribution in [3.63, 3.8) is 0 Å². The number of ketones is 1. The Bertz CT molecular complexity index is 209. The number of unbranched alkanes of at least 4 members (excludes halogenated alkanes) is 6. The van der Waals surface area contributed by atoms with Crippen molar-refractivity contribution in [1.82, 2.24) is 4.72 Å². The number of carbonyl (C=O) groups is 1. The summed E-state index contributed by atoms with van der Waals surface area (Å²) < 4.78 is 22.3. The molecule has 4 nitrogen and oxygen atoms in total. The first kappa shape index (κ1) is 15.7. The SMILES string of the molecule is CCCCCCCCCC(=O)CNS(=O)[O-]. The highest BCUT2D eigenvalue weighted by Crippen LogP contribution is 2.08. The van der Waals surface area contributed by atoms with Gasteiger partial charge in [-0.05, 0) is 6.42 Å². The van der Waals surface area contributed by atoms with Crippen LogP contribution in [-0.4, -0.2) is 21.1 Å². The molecule has 0 fully saturated rings. The van der Waals surface area contributed by atoms with Crippen LogP contribution in [0.4, 0.5) is 0 Å². The van der Waals surface area contributed by atoms with Crippen LogP contribution < -0.4 is 4.72 Å². The molecule has 0 radical (unpaired) electrons. The van der Waals surface area contributed by atoms with Gasteiger partial charge in [-0.1, -0.05) is 45.4 Å². The van der Waals surface area contributed by atoms with Gasteiger partial charge in [0.05, 0.1) is 6.54 Å². The molecule has 0 heterocycles. The summed E-state index contributed by atoms with van der Waals surface area (Å²) in [4.78, 5) is 11.1. The second-order valence-corrected chi connectivity index (χ2v) is 4.72. The summed E-state index contributed by atoms with van der Waals surface area (Å²) in [5.74, 6) is -0.0299. The Morgan fingerprint density at radius 2 is 1.69 bits per heavy atom. The van der Waals surface area contributed by atoms with Crippen LogP contribution >= 0.6 is 0 Å². The van der Waals surface area contributed by atoms with Crippen LogP contribution in [0.5, 0.6) is 0 Å². The summed E-state index contributed by atoms with van der Waals surface area (Å²) in [6, 6.07) is 0. The third-order valence-electron chi connectivity index (χ3n) is 2.45. The number of carbonyl (C=O) groups excluding carboxylic acids is 1. The fourth-order valence-corrected chi connectivity index (χ4v) is 1.79. The van der Waals surface area contributed by atoms with Crippen molar-refractivity contribution in [3.05, 3.63) is 0 Å². The van der Waals surface area contributed by atoms with Crippen LogP contribution in [0.25, 0.3) is 0 Å². The minimum Gasteiger partial charge on any atom is -0.760 e. The van der Waals surface area contributed by atoms with Gasteiger partial charge >= 0.3 is 0 Å². The highest BCUT2D eigenvalue weighted by molar-refractivity contribution is 7.77. The largest absolute Gasteiger partial charge is 0.760 e. The van der Waals surface area contributed by atoms with Crippen molar-refractivity contribution < 1.29 is 13.6 Å². The van der Waals surface area contributed by atoms with Crippen molar-refractivity contribution >= 4 is 17.0 Å². The fourth-order valence-electron chi connectivity index (χ4n) is 1.51. The van der Waals surface area contributed by atoms with Gasteiger partial charge < -0.3 is 4.55 Å². The van der Waals surface area contributed by atoms with Gasteiger partial charge in [-0.2, -0.15) is 0 Å². The van der Waals surface area contributed by atoms with Gasteiger partial charge in [-0.15, -0.1) is 0 Å². The molecule has 0 saturated heterocycles. The second kappa shape index (κ2) is 11.2. The van der Waals surface area contributed by atoms with E-state index in [-0.39, 0.29) is 12.3 Å². The lowest BCUT2D eigenvalue weighted by atomic mass is 10.1. The van der Waals surface area contributed by atoms with Crippen molar-refractivity contribution in [3.8, 4) is 0 Å². The van der Waals surface area contributed by atoms with Crippen molar-refractivity contribution in [2.24, 2.45) is 0 Å². The number of hydrogen-bond acceptors (Lipinski definition) is 3. The number of Topliss-reactive ketones (excluding diaryl/α,β-unsaturated/α-hetero) is 1. The first-order valence-electron chi connectivity index (χ1n) is 6.01. The Labute approximate surface area is 101 Å². The molecule has 1 unspecified atom stereocenters. The Hall–Kier alpha value is -0.260. The highest BCUT2D eigenvalue weighted by Gasteiger charge is 2.00. The predicted molar refractivity (Wildman–Crippen MR) is 64.5 cm³/mol. The zero-order chi connectivity index (χ0) is 12.2. The highest BCUT2D eigenvalue weighted by atomic mass is 32.2. The third-order valence-corrected chi connectivity index (χ3v) is 2.83. The molecule has 0 aromatic carbocycles. The van der Waals surface area contributed by atoms with Gasteiger partial charge in [0.25, 0.3) is 0 Å². The summed E-state index contributed by atoms with van der Waals surface area (Å²) in [6.45, 7) is 2.12. The molecule has 0 rings (SSSR count). The third kappa shape index (κ3) is 11.8. The zero-order valence-electron chi connectivity index (χ0n) is 10.00. The molecular weight excluding hydrogens is 226 g/mol. The van der Waals surface area contributed by atoms with Crippen LogP contribution in [0.15, 0.2) is 0 Å². The van der Waals surface area contributed by atoms with E-state index in [2.05, 4.69) is 11.6 Å². The van der Waals surface area contributed by atoms with Gasteiger partial charge in [0.15, 0.2) is 0 Å². The fraction of sp³-hybridized carbons (Fsp3) is 0.909. The van der Waals surface area contributed by atoms with E-state index >= 15 is 0 Å². The Morgan fingerprint density at radius 1 is 1.12 bits per heavy atom. The van der Waals surface area contributed by atoms with Crippen LogP contribution in [0.3, 0.4) is 0 Å². The maximum Gasteiger partial charge on any atom is 0.147 e. The van der Waals surface area contributed by atoms with E-state index < -0.39 is 11.3 Å². The van der Waals surface area contributed by atoms with E-state index in [1.165, 1.54) is 32.1 Å². The summed E-state index contributed by atoms with van der Waals surface area (Å²) >= 11 is -2.32. The summed E-state index contributed by atoms with van der Waals surface area (Å²) in [5, 5.41) is 0. The van der Waals surface area contributed by atoms with E-state index in [0.717, 1.165) is 12.8 Å². The Kier molecular flexibility index (Phi) is 11.0. The lowest BCUT2D eigenvalue weighted by molar-refractivity contribution is -0.118. The molecule has 0 aromatic rings. The van der Waals surface area contributed by atoms with Gasteiger partial charge in [-0.25, -0.2) is 4.72 Å². The Morgan fingerprint density at radius 3 is 2.25 bits per heavy atom. The minimum absolute atomic E-state index is 0.0299. The first-order chi connectivity index (χ1) is 7.66. The number of nitrogens with one attached hydrogen (secondary N) is 1. The van der Waals surface area contributed by atoms with E-state index in [0.29, 0.717) is 6.42 Å². The first-order valence-corrected chi connectivity index (χ1v) is 7.08. The van der Waals surface area contributed by atoms with E-state index in [4.69, 9.17) is 0 Å². The molecule has 96 valence electrons. The summed E-state index contributed by atoms with van der Waals surface area (Å²) in [5.41, 5.74) is 0. The topological polar surface area (TPSA) is 69.2 Å². The molecule has 0 saturated carbocycles. The van der Waals surface area contributed by atoms with Crippen molar-refractivity contribution in [2.45, 2.75) is 58.3 Å². The quantitative estimate of drug-likeness (QED) is 0.449. The molecule has 0 aromatic heterocycles. The lowest BCUT2D eigenvalue weighted by Crippen LogP contribution is -2.24. The van der Waals surface area contributed by atoms with Crippen LogP contribution in [-0.2, 0) is 16.1 Å². The van der Waals surface area contributed by atoms with E-state index in [1.54, 1.807) is 0 Å². The Balaban J connectivity index is 3.18. The molecule has 5 heteroatoms. The van der Waals surface area contributed by atoms with E-state index in [9.17, 15) is 13.6 Å². The normalized spacial score (nSPS) is 12.6. The van der Waals surface area contributed by atoms with Gasteiger partial charge in [-0.3, -0.25) is 9.00 Å². The molecule has 0 bridgehead atoms. The monoisotopic (exact) mass is 248 g/mol. The molecular formula is C11H22NO3S-. The maximum absolute atomic E-state index is 11.1. The molecule has 0 aliphatic rings. The van der Waals surface area contributed by atoms with Crippen LogP contribution in [0.1, 0.15) is 58.3 Å². The second-order valence-electron chi connectivity index (χ2n) is 3.97. The smallest absolute Gasteiger partial charge is 0.147 e. The van der Waals surface area contributed by atoms with Gasteiger partial charge in [0, 0.05) is 17.7 Å². The lowest BCUT2D eigenvalue weighted by Gasteiger charge is -2.06. The van der Waals surface area contributed by atoms with Crippen molar-refractivity contribution in [2.75, 3.05) is 6.54 Å². The maximum atomic E-state index is 11.1. The van der Waals surface area contributed by atoms with Gasteiger partial charge in [0.1, 0.15) is 5.78 Å². The zero-order valence-corrected chi connectivity index (χ0v) is 10.8. The van der Waals surface area contributed by atoms with E-state index in [1.807, 2.05) is 0 Å². The molecule has 0 aliphatic carbocycles. The van der Waals surface area contributed by atoms with Crippen molar-refractivity contribution in [1.29, 1.82) is 0 Å². The number of rotatable bonds is 11. The average molecular weight is 248 g/mol. The summed E-state index contributed by atoms with van der Waals surface area (Å²) in [6.07, 6.45) is 8.65. The minimum atomic E-state index is -2.32. The van der Waals surface area contributed by atoms with Gasteiger partial charge in [0.2, 0.25) is 0 Å². The predicted octanol–water partition coefficient (Wildman–Crippen LogP) is 2.08. The van der Waals surface area contributed by atoms with Crippen LogP contribution in [0.2, 0.25) is 0 Å². The molecule has 1 N–H and O–H groups in total. The molecule has 1 atom stereocenters. The average Bonchev–Trinajstić information content (AvgIpc) is 2.25.